The number of piperazine rings is 1. The average molecular weight is 264 g/mol. The lowest BCUT2D eigenvalue weighted by Crippen LogP contribution is -2.64. The first-order valence-corrected chi connectivity index (χ1v) is 7.03. The Kier molecular flexibility index (Phi) is 5.88. The Morgan fingerprint density at radius 2 is 2.05 bits per heavy atom. The van der Waals surface area contributed by atoms with Crippen LogP contribution in [0.4, 0.5) is 0 Å². The predicted octanol–water partition coefficient (Wildman–Crippen LogP) is 1.55. The van der Waals surface area contributed by atoms with Crippen molar-refractivity contribution in [3.63, 3.8) is 0 Å². The zero-order valence-electron chi connectivity index (χ0n) is 12.3. The van der Waals surface area contributed by atoms with E-state index in [1.54, 1.807) is 11.8 Å². The second-order valence-corrected chi connectivity index (χ2v) is 5.25. The minimum absolute atomic E-state index is 0.0301. The maximum absolute atomic E-state index is 12.4. The Hall–Kier alpha value is -1.50. The molecule has 1 rings (SSSR count). The molecule has 0 aromatic carbocycles. The van der Waals surface area contributed by atoms with E-state index in [4.69, 9.17) is 0 Å². The number of nitrogens with one attached hydrogen (secondary N) is 1. The SMILES string of the molecule is CC#CCCN1C(=O)C(CCC)NC(=O)C1C(C)C. The van der Waals surface area contributed by atoms with E-state index in [1.165, 1.54) is 0 Å². The number of rotatable bonds is 5. The predicted molar refractivity (Wildman–Crippen MR) is 75.2 cm³/mol. The Bertz CT molecular complexity index is 393. The Balaban J connectivity index is 2.88. The van der Waals surface area contributed by atoms with Crippen LogP contribution in [0.25, 0.3) is 0 Å². The van der Waals surface area contributed by atoms with Gasteiger partial charge in [0.05, 0.1) is 0 Å². The van der Waals surface area contributed by atoms with Crippen LogP contribution in [-0.2, 0) is 9.59 Å². The highest BCUT2D eigenvalue weighted by molar-refractivity contribution is 5.97. The van der Waals surface area contributed by atoms with Crippen LogP contribution in [0.5, 0.6) is 0 Å². The van der Waals surface area contributed by atoms with E-state index in [0.717, 1.165) is 6.42 Å². The second-order valence-electron chi connectivity index (χ2n) is 5.25. The molecule has 0 aromatic rings. The van der Waals surface area contributed by atoms with Crippen LogP contribution in [0.2, 0.25) is 0 Å². The number of carbonyl (C=O) groups excluding carboxylic acids is 2. The van der Waals surface area contributed by atoms with Crippen molar-refractivity contribution in [3.8, 4) is 11.8 Å². The molecule has 1 fully saturated rings. The van der Waals surface area contributed by atoms with Crippen LogP contribution in [0, 0.1) is 17.8 Å². The fourth-order valence-corrected chi connectivity index (χ4v) is 2.50. The van der Waals surface area contributed by atoms with Gasteiger partial charge in [0.2, 0.25) is 11.8 Å². The molecule has 0 spiro atoms. The van der Waals surface area contributed by atoms with E-state index in [2.05, 4.69) is 17.2 Å². The van der Waals surface area contributed by atoms with Gasteiger partial charge < -0.3 is 10.2 Å². The first kappa shape index (κ1) is 15.6. The zero-order valence-corrected chi connectivity index (χ0v) is 12.3. The molecule has 0 saturated carbocycles. The summed E-state index contributed by atoms with van der Waals surface area (Å²) in [5.41, 5.74) is 0. The molecule has 0 radical (unpaired) electrons. The van der Waals surface area contributed by atoms with E-state index in [1.807, 2.05) is 20.8 Å². The summed E-state index contributed by atoms with van der Waals surface area (Å²) in [6.45, 7) is 8.27. The van der Waals surface area contributed by atoms with Crippen LogP contribution in [0.3, 0.4) is 0 Å². The first-order chi connectivity index (χ1) is 9.02. The van der Waals surface area contributed by atoms with Gasteiger partial charge in [0, 0.05) is 13.0 Å². The van der Waals surface area contributed by atoms with Gasteiger partial charge >= 0.3 is 0 Å². The number of hydrogen-bond acceptors (Lipinski definition) is 2. The van der Waals surface area contributed by atoms with Crippen molar-refractivity contribution >= 4 is 11.8 Å². The molecule has 19 heavy (non-hydrogen) atoms. The highest BCUT2D eigenvalue weighted by Crippen LogP contribution is 2.19. The summed E-state index contributed by atoms with van der Waals surface area (Å²) in [5, 5.41) is 2.85. The monoisotopic (exact) mass is 264 g/mol. The summed E-state index contributed by atoms with van der Waals surface area (Å²) in [4.78, 5) is 26.3. The summed E-state index contributed by atoms with van der Waals surface area (Å²) >= 11 is 0. The number of nitrogens with zero attached hydrogens (tertiary/aromatic N) is 1. The fraction of sp³-hybridized carbons (Fsp3) is 0.733. The molecule has 106 valence electrons. The molecule has 2 amide bonds. The molecule has 2 unspecified atom stereocenters. The molecule has 4 heteroatoms. The lowest BCUT2D eigenvalue weighted by Gasteiger charge is -2.40. The van der Waals surface area contributed by atoms with Crippen LogP contribution in [-0.4, -0.2) is 35.3 Å². The normalized spacial score (nSPS) is 23.1. The largest absolute Gasteiger partial charge is 0.342 e. The van der Waals surface area contributed by atoms with Gasteiger partial charge in [0.15, 0.2) is 0 Å². The van der Waals surface area contributed by atoms with Crippen molar-refractivity contribution in [2.24, 2.45) is 5.92 Å². The number of carbonyl (C=O) groups is 2. The van der Waals surface area contributed by atoms with Crippen molar-refractivity contribution in [1.82, 2.24) is 10.2 Å². The standard InChI is InChI=1S/C15H24N2O2/c1-5-7-8-10-17-13(11(3)4)14(18)16-12(9-6-2)15(17)19/h11-13H,6,8-10H2,1-4H3,(H,16,18). The van der Waals surface area contributed by atoms with Gasteiger partial charge in [0.25, 0.3) is 0 Å². The van der Waals surface area contributed by atoms with E-state index < -0.39 is 0 Å². The zero-order chi connectivity index (χ0) is 14.4. The lowest BCUT2D eigenvalue weighted by molar-refractivity contribution is -0.151. The Labute approximate surface area is 115 Å². The quantitative estimate of drug-likeness (QED) is 0.766. The number of hydrogen-bond donors (Lipinski definition) is 1. The van der Waals surface area contributed by atoms with E-state index in [9.17, 15) is 9.59 Å². The fourth-order valence-electron chi connectivity index (χ4n) is 2.50. The first-order valence-electron chi connectivity index (χ1n) is 7.03. The van der Waals surface area contributed by atoms with Gasteiger partial charge in [-0.15, -0.1) is 11.8 Å². The third-order valence-electron chi connectivity index (χ3n) is 3.37. The van der Waals surface area contributed by atoms with Gasteiger partial charge in [-0.25, -0.2) is 0 Å². The molecular weight excluding hydrogens is 240 g/mol. The minimum Gasteiger partial charge on any atom is -0.342 e. The molecule has 1 aliphatic rings. The molecule has 4 nitrogen and oxygen atoms in total. The summed E-state index contributed by atoms with van der Waals surface area (Å²) < 4.78 is 0. The van der Waals surface area contributed by atoms with Crippen molar-refractivity contribution in [3.05, 3.63) is 0 Å². The van der Waals surface area contributed by atoms with Crippen LogP contribution in [0.15, 0.2) is 0 Å². The highest BCUT2D eigenvalue weighted by atomic mass is 16.2. The molecule has 0 aliphatic carbocycles. The maximum Gasteiger partial charge on any atom is 0.245 e. The molecule has 1 heterocycles. The molecule has 1 N–H and O–H groups in total. The van der Waals surface area contributed by atoms with Crippen molar-refractivity contribution in [2.45, 2.75) is 59.0 Å². The third-order valence-corrected chi connectivity index (χ3v) is 3.37. The minimum atomic E-state index is -0.362. The van der Waals surface area contributed by atoms with E-state index in [-0.39, 0.29) is 29.8 Å². The van der Waals surface area contributed by atoms with E-state index in [0.29, 0.717) is 19.4 Å². The van der Waals surface area contributed by atoms with Crippen LogP contribution >= 0.6 is 0 Å². The van der Waals surface area contributed by atoms with Crippen molar-refractivity contribution < 1.29 is 9.59 Å². The topological polar surface area (TPSA) is 49.4 Å². The van der Waals surface area contributed by atoms with Crippen molar-refractivity contribution in [2.75, 3.05) is 6.54 Å². The molecule has 1 saturated heterocycles. The van der Waals surface area contributed by atoms with Gasteiger partial charge in [-0.05, 0) is 19.3 Å². The summed E-state index contributed by atoms with van der Waals surface area (Å²) in [5.74, 6) is 5.91. The summed E-state index contributed by atoms with van der Waals surface area (Å²) in [7, 11) is 0. The Morgan fingerprint density at radius 3 is 2.58 bits per heavy atom. The smallest absolute Gasteiger partial charge is 0.245 e. The van der Waals surface area contributed by atoms with Crippen LogP contribution < -0.4 is 5.32 Å². The van der Waals surface area contributed by atoms with Gasteiger partial charge in [-0.2, -0.15) is 0 Å². The van der Waals surface area contributed by atoms with Gasteiger partial charge in [-0.1, -0.05) is 27.2 Å². The molecule has 2 atom stereocenters. The maximum atomic E-state index is 12.4. The van der Waals surface area contributed by atoms with Crippen molar-refractivity contribution in [1.29, 1.82) is 0 Å². The molecule has 0 bridgehead atoms. The molecule has 0 aromatic heterocycles. The highest BCUT2D eigenvalue weighted by Gasteiger charge is 2.40. The number of amides is 2. The lowest BCUT2D eigenvalue weighted by atomic mass is 9.95. The van der Waals surface area contributed by atoms with Crippen LogP contribution in [0.1, 0.15) is 47.0 Å². The third kappa shape index (κ3) is 3.73. The summed E-state index contributed by atoms with van der Waals surface area (Å²) in [6.07, 6.45) is 2.20. The van der Waals surface area contributed by atoms with Gasteiger partial charge in [-0.3, -0.25) is 9.59 Å². The second kappa shape index (κ2) is 7.18. The molecular formula is C15H24N2O2. The Morgan fingerprint density at radius 1 is 1.37 bits per heavy atom. The molecule has 1 aliphatic heterocycles. The summed E-state index contributed by atoms with van der Waals surface area (Å²) in [6, 6.07) is -0.721. The van der Waals surface area contributed by atoms with E-state index >= 15 is 0 Å². The average Bonchev–Trinajstić information content (AvgIpc) is 2.34. The van der Waals surface area contributed by atoms with Gasteiger partial charge in [0.1, 0.15) is 12.1 Å².